The summed E-state index contributed by atoms with van der Waals surface area (Å²) < 4.78 is 27.4. The molecule has 1 amide bonds. The van der Waals surface area contributed by atoms with E-state index in [2.05, 4.69) is 18.8 Å². The molecule has 0 saturated carbocycles. The zero-order valence-corrected chi connectivity index (χ0v) is 18.1. The van der Waals surface area contributed by atoms with Crippen molar-refractivity contribution >= 4 is 15.9 Å². The molecule has 1 fully saturated rings. The number of carbonyl (C=O) groups is 1. The number of nitrogens with zero attached hydrogens (tertiary/aromatic N) is 3. The van der Waals surface area contributed by atoms with Crippen molar-refractivity contribution in [1.29, 1.82) is 0 Å². The molecule has 2 aromatic rings. The van der Waals surface area contributed by atoms with E-state index in [1.165, 1.54) is 4.31 Å². The average molecular weight is 416 g/mol. The summed E-state index contributed by atoms with van der Waals surface area (Å²) in [5.41, 5.74) is 1.96. The Morgan fingerprint density at radius 2 is 1.79 bits per heavy atom. The molecule has 1 saturated heterocycles. The van der Waals surface area contributed by atoms with Gasteiger partial charge >= 0.3 is 0 Å². The highest BCUT2D eigenvalue weighted by Gasteiger charge is 2.33. The molecule has 1 aromatic heterocycles. The molecule has 29 heavy (non-hydrogen) atoms. The minimum Gasteiger partial charge on any atom is -0.340 e. The number of hydrogen-bond acceptors (Lipinski definition) is 4. The van der Waals surface area contributed by atoms with Crippen molar-refractivity contribution in [2.75, 3.05) is 20.1 Å². The average Bonchev–Trinajstić information content (AvgIpc) is 2.74. The van der Waals surface area contributed by atoms with E-state index in [-0.39, 0.29) is 11.8 Å². The first-order valence-corrected chi connectivity index (χ1v) is 11.5. The molecule has 156 valence electrons. The van der Waals surface area contributed by atoms with Crippen molar-refractivity contribution in [3.8, 4) is 0 Å². The number of hydrogen-bond donors (Lipinski definition) is 0. The summed E-state index contributed by atoms with van der Waals surface area (Å²) in [6.07, 6.45) is 2.79. The summed E-state index contributed by atoms with van der Waals surface area (Å²) in [5.74, 6) is 0.254. The summed E-state index contributed by atoms with van der Waals surface area (Å²) in [4.78, 5) is 19.0. The molecule has 0 unspecified atom stereocenters. The Morgan fingerprint density at radius 3 is 2.34 bits per heavy atom. The fraction of sp³-hybridized carbons (Fsp3) is 0.455. The minimum atomic E-state index is -3.52. The van der Waals surface area contributed by atoms with Crippen molar-refractivity contribution in [3.63, 3.8) is 0 Å². The number of carbonyl (C=O) groups excluding carboxylic acids is 1. The predicted octanol–water partition coefficient (Wildman–Crippen LogP) is 3.26. The van der Waals surface area contributed by atoms with Crippen LogP contribution in [0.2, 0.25) is 0 Å². The summed E-state index contributed by atoms with van der Waals surface area (Å²) in [5, 5.41) is 0. The first kappa shape index (κ1) is 21.5. The molecule has 2 heterocycles. The second kappa shape index (κ2) is 9.05. The highest BCUT2D eigenvalue weighted by atomic mass is 32.2. The van der Waals surface area contributed by atoms with E-state index in [1.54, 1.807) is 30.3 Å². The standard InChI is InChI=1S/C22H29N3O3S/c1-17(2)18-7-9-21(10-8-18)29(27,28)25-14-11-19(12-15-25)22(26)24(3)16-20-6-4-5-13-23-20/h4-10,13,17,19H,11-12,14-16H2,1-3H3. The Bertz CT molecular complexity index is 920. The van der Waals surface area contributed by atoms with Gasteiger partial charge in [-0.25, -0.2) is 8.42 Å². The van der Waals surface area contributed by atoms with Gasteiger partial charge in [-0.05, 0) is 48.6 Å². The number of piperidine rings is 1. The molecule has 6 nitrogen and oxygen atoms in total. The van der Waals surface area contributed by atoms with E-state index in [0.29, 0.717) is 43.3 Å². The Labute approximate surface area is 173 Å². The topological polar surface area (TPSA) is 70.6 Å². The van der Waals surface area contributed by atoms with Crippen LogP contribution in [0.4, 0.5) is 0 Å². The fourth-order valence-electron chi connectivity index (χ4n) is 3.64. The monoisotopic (exact) mass is 415 g/mol. The number of amides is 1. The molecule has 0 atom stereocenters. The van der Waals surface area contributed by atoms with Crippen molar-refractivity contribution in [2.24, 2.45) is 5.92 Å². The second-order valence-corrected chi connectivity index (χ2v) is 9.86. The van der Waals surface area contributed by atoms with Gasteiger partial charge in [0.2, 0.25) is 15.9 Å². The SMILES string of the molecule is CC(C)c1ccc(S(=O)(=O)N2CCC(C(=O)N(C)Cc3ccccn3)CC2)cc1. The number of rotatable bonds is 6. The third-order valence-electron chi connectivity index (χ3n) is 5.49. The lowest BCUT2D eigenvalue weighted by atomic mass is 9.96. The van der Waals surface area contributed by atoms with Gasteiger partial charge < -0.3 is 4.90 Å². The first-order valence-electron chi connectivity index (χ1n) is 10.0. The van der Waals surface area contributed by atoms with Crippen molar-refractivity contribution in [2.45, 2.75) is 44.0 Å². The van der Waals surface area contributed by atoms with Crippen LogP contribution in [0.15, 0.2) is 53.6 Å². The summed E-state index contributed by atoms with van der Waals surface area (Å²) in [6, 6.07) is 12.8. The van der Waals surface area contributed by atoms with Gasteiger partial charge in [-0.15, -0.1) is 0 Å². The number of benzene rings is 1. The molecule has 1 aliphatic rings. The van der Waals surface area contributed by atoms with Gasteiger partial charge in [0.15, 0.2) is 0 Å². The smallest absolute Gasteiger partial charge is 0.243 e. The molecule has 1 aliphatic heterocycles. The van der Waals surface area contributed by atoms with Gasteiger partial charge in [-0.1, -0.05) is 32.0 Å². The van der Waals surface area contributed by atoms with Gasteiger partial charge in [0.05, 0.1) is 17.1 Å². The van der Waals surface area contributed by atoms with E-state index in [9.17, 15) is 13.2 Å². The van der Waals surface area contributed by atoms with E-state index < -0.39 is 10.0 Å². The van der Waals surface area contributed by atoms with E-state index in [4.69, 9.17) is 0 Å². The van der Waals surface area contributed by atoms with Crippen LogP contribution in [-0.2, 0) is 21.4 Å². The molecule has 0 bridgehead atoms. The quantitative estimate of drug-likeness (QED) is 0.726. The first-order chi connectivity index (χ1) is 13.8. The number of aromatic nitrogens is 1. The van der Waals surface area contributed by atoms with E-state index in [0.717, 1.165) is 11.3 Å². The summed E-state index contributed by atoms with van der Waals surface area (Å²) in [6.45, 7) is 5.34. The predicted molar refractivity (Wildman–Crippen MR) is 113 cm³/mol. The highest BCUT2D eigenvalue weighted by Crippen LogP contribution is 2.26. The molecule has 0 spiro atoms. The van der Waals surface area contributed by atoms with Crippen LogP contribution in [-0.4, -0.2) is 48.7 Å². The van der Waals surface area contributed by atoms with Crippen LogP contribution in [0.5, 0.6) is 0 Å². The molecule has 0 radical (unpaired) electrons. The van der Waals surface area contributed by atoms with Crippen LogP contribution in [0.25, 0.3) is 0 Å². The fourth-order valence-corrected chi connectivity index (χ4v) is 5.11. The number of sulfonamides is 1. The van der Waals surface area contributed by atoms with Gasteiger partial charge in [-0.2, -0.15) is 4.31 Å². The Kier molecular flexibility index (Phi) is 6.70. The molecule has 0 aliphatic carbocycles. The Balaban J connectivity index is 1.59. The highest BCUT2D eigenvalue weighted by molar-refractivity contribution is 7.89. The molecule has 3 rings (SSSR count). The third kappa shape index (κ3) is 5.03. The maximum absolute atomic E-state index is 12.9. The van der Waals surface area contributed by atoms with Gasteiger partial charge in [-0.3, -0.25) is 9.78 Å². The maximum Gasteiger partial charge on any atom is 0.243 e. The molecule has 0 N–H and O–H groups in total. The van der Waals surface area contributed by atoms with Gasteiger partial charge in [0, 0.05) is 32.3 Å². The third-order valence-corrected chi connectivity index (χ3v) is 7.40. The van der Waals surface area contributed by atoms with Crippen LogP contribution in [0.1, 0.15) is 43.9 Å². The van der Waals surface area contributed by atoms with Gasteiger partial charge in [0.25, 0.3) is 0 Å². The lowest BCUT2D eigenvalue weighted by Gasteiger charge is -2.32. The summed E-state index contributed by atoms with van der Waals surface area (Å²) >= 11 is 0. The van der Waals surface area contributed by atoms with Crippen molar-refractivity contribution in [1.82, 2.24) is 14.2 Å². The van der Waals surface area contributed by atoms with Gasteiger partial charge in [0.1, 0.15) is 0 Å². The van der Waals surface area contributed by atoms with Crippen molar-refractivity contribution < 1.29 is 13.2 Å². The molecular weight excluding hydrogens is 386 g/mol. The Morgan fingerprint density at radius 1 is 1.14 bits per heavy atom. The lowest BCUT2D eigenvalue weighted by Crippen LogP contribution is -2.43. The van der Waals surface area contributed by atoms with Crippen LogP contribution >= 0.6 is 0 Å². The zero-order valence-electron chi connectivity index (χ0n) is 17.3. The Hall–Kier alpha value is -2.25. The molecule has 7 heteroatoms. The van der Waals surface area contributed by atoms with E-state index in [1.807, 2.05) is 30.3 Å². The van der Waals surface area contributed by atoms with E-state index >= 15 is 0 Å². The van der Waals surface area contributed by atoms with Crippen LogP contribution in [0, 0.1) is 5.92 Å². The second-order valence-electron chi connectivity index (χ2n) is 7.92. The summed E-state index contributed by atoms with van der Waals surface area (Å²) in [7, 11) is -1.75. The zero-order chi connectivity index (χ0) is 21.0. The maximum atomic E-state index is 12.9. The molecule has 1 aromatic carbocycles. The normalized spacial score (nSPS) is 16.1. The largest absolute Gasteiger partial charge is 0.340 e. The number of pyridine rings is 1. The van der Waals surface area contributed by atoms with Crippen LogP contribution in [0.3, 0.4) is 0 Å². The lowest BCUT2D eigenvalue weighted by molar-refractivity contribution is -0.136. The van der Waals surface area contributed by atoms with Crippen molar-refractivity contribution in [3.05, 3.63) is 59.9 Å². The minimum absolute atomic E-state index is 0.0500. The van der Waals surface area contributed by atoms with Crippen LogP contribution < -0.4 is 0 Å². The molecular formula is C22H29N3O3S.